The van der Waals surface area contributed by atoms with Crippen molar-refractivity contribution in [1.82, 2.24) is 5.32 Å². The number of carbonyl (C=O) groups is 2. The van der Waals surface area contributed by atoms with Crippen LogP contribution in [0.15, 0.2) is 54.6 Å². The first kappa shape index (κ1) is 17.0. The summed E-state index contributed by atoms with van der Waals surface area (Å²) in [6.07, 6.45) is 1.71. The average Bonchev–Trinajstić information content (AvgIpc) is 2.62. The molecular formula is C19H21N3O3. The third-order valence-electron chi connectivity index (χ3n) is 4.22. The van der Waals surface area contributed by atoms with Gasteiger partial charge in [-0.15, -0.1) is 0 Å². The van der Waals surface area contributed by atoms with E-state index in [1.165, 1.54) is 0 Å². The van der Waals surface area contributed by atoms with Gasteiger partial charge in [-0.3, -0.25) is 9.69 Å². The molecule has 1 aliphatic heterocycles. The van der Waals surface area contributed by atoms with Gasteiger partial charge in [-0.2, -0.15) is 0 Å². The second kappa shape index (κ2) is 6.94. The molecule has 6 heteroatoms. The standard InChI is InChI=1S/C19H21N3O3/c1-2-3-13-20-17(23)19(25)15-11-7-8-12-16(15)21-18(24)22(19)14-9-5-4-6-10-14/h4-12,25H,2-3,13H2,1H3,(H,20,23)(H,21,24)/t19-/m0/s1. The Bertz CT molecular complexity index is 778. The van der Waals surface area contributed by atoms with Gasteiger partial charge in [-0.25, -0.2) is 4.79 Å². The van der Waals surface area contributed by atoms with Gasteiger partial charge in [0.2, 0.25) is 0 Å². The minimum absolute atomic E-state index is 0.340. The van der Waals surface area contributed by atoms with Gasteiger partial charge in [0, 0.05) is 17.8 Å². The number of rotatable bonds is 5. The van der Waals surface area contributed by atoms with E-state index >= 15 is 0 Å². The first-order valence-corrected chi connectivity index (χ1v) is 8.35. The second-order valence-corrected chi connectivity index (χ2v) is 5.93. The Kier molecular flexibility index (Phi) is 4.72. The predicted molar refractivity (Wildman–Crippen MR) is 96.2 cm³/mol. The number of nitrogens with one attached hydrogen (secondary N) is 2. The Morgan fingerprint density at radius 3 is 2.56 bits per heavy atom. The molecule has 1 heterocycles. The summed E-state index contributed by atoms with van der Waals surface area (Å²) in [6, 6.07) is 14.9. The third-order valence-corrected chi connectivity index (χ3v) is 4.22. The summed E-state index contributed by atoms with van der Waals surface area (Å²) < 4.78 is 0. The summed E-state index contributed by atoms with van der Waals surface area (Å²) in [4.78, 5) is 26.7. The number of hydrogen-bond acceptors (Lipinski definition) is 3. The normalized spacial score (nSPS) is 19.1. The summed E-state index contributed by atoms with van der Waals surface area (Å²) in [6.45, 7) is 2.45. The van der Waals surface area contributed by atoms with Gasteiger partial charge in [-0.05, 0) is 24.6 Å². The van der Waals surface area contributed by atoms with Gasteiger partial charge in [0.15, 0.2) is 0 Å². The molecule has 3 N–H and O–H groups in total. The molecule has 1 atom stereocenters. The molecule has 0 radical (unpaired) electrons. The molecule has 0 saturated heterocycles. The molecular weight excluding hydrogens is 318 g/mol. The van der Waals surface area contributed by atoms with E-state index in [2.05, 4.69) is 10.6 Å². The highest BCUT2D eigenvalue weighted by molar-refractivity contribution is 6.11. The van der Waals surface area contributed by atoms with Crippen molar-refractivity contribution in [3.05, 3.63) is 60.2 Å². The van der Waals surface area contributed by atoms with Crippen LogP contribution in [0.25, 0.3) is 0 Å². The van der Waals surface area contributed by atoms with Gasteiger partial charge >= 0.3 is 6.03 Å². The smallest absolute Gasteiger partial charge is 0.329 e. The predicted octanol–water partition coefficient (Wildman–Crippen LogP) is 2.80. The van der Waals surface area contributed by atoms with E-state index in [9.17, 15) is 14.7 Å². The highest BCUT2D eigenvalue weighted by Gasteiger charge is 2.51. The summed E-state index contributed by atoms with van der Waals surface area (Å²) in [7, 11) is 0. The molecule has 2 aromatic carbocycles. The number of unbranched alkanes of at least 4 members (excludes halogenated alkanes) is 1. The zero-order valence-corrected chi connectivity index (χ0v) is 14.0. The molecule has 0 aromatic heterocycles. The Labute approximate surface area is 146 Å². The minimum Gasteiger partial charge on any atom is -0.359 e. The lowest BCUT2D eigenvalue weighted by atomic mass is 9.94. The van der Waals surface area contributed by atoms with Crippen molar-refractivity contribution >= 4 is 23.3 Å². The zero-order chi connectivity index (χ0) is 17.9. The van der Waals surface area contributed by atoms with Crippen molar-refractivity contribution in [3.63, 3.8) is 0 Å². The Morgan fingerprint density at radius 1 is 1.16 bits per heavy atom. The Hall–Kier alpha value is -2.86. The van der Waals surface area contributed by atoms with Gasteiger partial charge < -0.3 is 15.7 Å². The van der Waals surface area contributed by atoms with Gasteiger partial charge in [0.1, 0.15) is 0 Å². The van der Waals surface area contributed by atoms with Crippen LogP contribution >= 0.6 is 0 Å². The molecule has 6 nitrogen and oxygen atoms in total. The quantitative estimate of drug-likeness (QED) is 0.733. The second-order valence-electron chi connectivity index (χ2n) is 5.93. The van der Waals surface area contributed by atoms with Gasteiger partial charge in [0.05, 0.1) is 5.69 Å². The van der Waals surface area contributed by atoms with E-state index in [0.717, 1.165) is 17.7 Å². The summed E-state index contributed by atoms with van der Waals surface area (Å²) in [5, 5.41) is 16.9. The maximum atomic E-state index is 12.9. The van der Waals surface area contributed by atoms with E-state index < -0.39 is 17.7 Å². The van der Waals surface area contributed by atoms with Crippen molar-refractivity contribution in [3.8, 4) is 0 Å². The topological polar surface area (TPSA) is 81.7 Å². The highest BCUT2D eigenvalue weighted by atomic mass is 16.3. The van der Waals surface area contributed by atoms with Crippen LogP contribution in [-0.2, 0) is 10.5 Å². The van der Waals surface area contributed by atoms with Gasteiger partial charge in [0.25, 0.3) is 11.6 Å². The van der Waals surface area contributed by atoms with Crippen molar-refractivity contribution in [2.45, 2.75) is 25.5 Å². The number of amides is 3. The van der Waals surface area contributed by atoms with E-state index in [1.54, 1.807) is 54.6 Å². The SMILES string of the molecule is CCCCNC(=O)[C@@]1(O)c2ccccc2NC(=O)N1c1ccccc1. The molecule has 3 amide bonds. The number of para-hydroxylation sites is 2. The van der Waals surface area contributed by atoms with E-state index in [0.29, 0.717) is 23.5 Å². The average molecular weight is 339 g/mol. The number of carbonyl (C=O) groups excluding carboxylic acids is 2. The molecule has 25 heavy (non-hydrogen) atoms. The third kappa shape index (κ3) is 2.96. The summed E-state index contributed by atoms with van der Waals surface area (Å²) in [5.74, 6) is -0.618. The summed E-state index contributed by atoms with van der Waals surface area (Å²) in [5.41, 5.74) is -0.920. The molecule has 130 valence electrons. The van der Waals surface area contributed by atoms with Crippen LogP contribution in [0, 0.1) is 0 Å². The fraction of sp³-hybridized carbons (Fsp3) is 0.263. The lowest BCUT2D eigenvalue weighted by Crippen LogP contribution is -2.62. The lowest BCUT2D eigenvalue weighted by molar-refractivity contribution is -0.140. The number of nitrogens with zero attached hydrogens (tertiary/aromatic N) is 1. The fourth-order valence-electron chi connectivity index (χ4n) is 2.94. The number of urea groups is 1. The monoisotopic (exact) mass is 339 g/mol. The zero-order valence-electron chi connectivity index (χ0n) is 14.0. The van der Waals surface area contributed by atoms with Crippen molar-refractivity contribution in [1.29, 1.82) is 0 Å². The largest absolute Gasteiger partial charge is 0.359 e. The molecule has 3 rings (SSSR count). The number of fused-ring (bicyclic) bond motifs is 1. The van der Waals surface area contributed by atoms with Crippen LogP contribution in [0.3, 0.4) is 0 Å². The molecule has 0 saturated carbocycles. The van der Waals surface area contributed by atoms with Crippen LogP contribution in [0.4, 0.5) is 16.2 Å². The van der Waals surface area contributed by atoms with Crippen LogP contribution < -0.4 is 15.5 Å². The maximum absolute atomic E-state index is 12.9. The maximum Gasteiger partial charge on any atom is 0.329 e. The molecule has 0 bridgehead atoms. The molecule has 1 aliphatic rings. The van der Waals surface area contributed by atoms with Crippen molar-refractivity contribution in [2.24, 2.45) is 0 Å². The molecule has 0 unspecified atom stereocenters. The van der Waals surface area contributed by atoms with Crippen LogP contribution in [0.2, 0.25) is 0 Å². The van der Waals surface area contributed by atoms with Crippen LogP contribution in [0.1, 0.15) is 25.3 Å². The number of hydrogen-bond donors (Lipinski definition) is 3. The minimum atomic E-state index is -2.12. The first-order chi connectivity index (χ1) is 12.1. The first-order valence-electron chi connectivity index (χ1n) is 8.35. The Balaban J connectivity index is 2.09. The number of benzene rings is 2. The molecule has 0 fully saturated rings. The highest BCUT2D eigenvalue weighted by Crippen LogP contribution is 2.39. The van der Waals surface area contributed by atoms with E-state index in [4.69, 9.17) is 0 Å². The van der Waals surface area contributed by atoms with Crippen LogP contribution in [0.5, 0.6) is 0 Å². The Morgan fingerprint density at radius 2 is 1.84 bits per heavy atom. The van der Waals surface area contributed by atoms with Gasteiger partial charge in [-0.1, -0.05) is 49.7 Å². The summed E-state index contributed by atoms with van der Waals surface area (Å²) >= 11 is 0. The van der Waals surface area contributed by atoms with Crippen molar-refractivity contribution < 1.29 is 14.7 Å². The molecule has 2 aromatic rings. The van der Waals surface area contributed by atoms with Crippen LogP contribution in [-0.4, -0.2) is 23.6 Å². The number of anilines is 2. The van der Waals surface area contributed by atoms with E-state index in [1.807, 2.05) is 6.92 Å². The number of aliphatic hydroxyl groups is 1. The van der Waals surface area contributed by atoms with E-state index in [-0.39, 0.29) is 0 Å². The lowest BCUT2D eigenvalue weighted by Gasteiger charge is -2.42. The molecule has 0 spiro atoms. The van der Waals surface area contributed by atoms with Crippen molar-refractivity contribution in [2.75, 3.05) is 16.8 Å². The fourth-order valence-corrected chi connectivity index (χ4v) is 2.94. The molecule has 0 aliphatic carbocycles.